The van der Waals surface area contributed by atoms with Gasteiger partial charge in [0.15, 0.2) is 6.72 Å². The van der Waals surface area contributed by atoms with Crippen molar-refractivity contribution in [1.29, 1.82) is 0 Å². The molecule has 0 aliphatic carbocycles. The molecule has 5 rings (SSSR count). The highest BCUT2D eigenvalue weighted by Crippen LogP contribution is 2.37. The Bertz CT molecular complexity index is 1680. The topological polar surface area (TPSA) is 44.9 Å². The maximum Gasteiger partial charge on any atom is 0.446 e. The molecule has 0 amide bonds. The van der Waals surface area contributed by atoms with Gasteiger partial charge >= 0.3 is 5.51 Å². The van der Waals surface area contributed by atoms with Crippen LogP contribution >= 0.6 is 35.6 Å². The van der Waals surface area contributed by atoms with Crippen LogP contribution in [0.15, 0.2) is 84.0 Å². The summed E-state index contributed by atoms with van der Waals surface area (Å²) in [6, 6.07) is 21.5. The lowest BCUT2D eigenvalue weighted by atomic mass is 10.1. The smallest absolute Gasteiger partial charge is 0.327 e. The Labute approximate surface area is 230 Å². The number of thioether (sulfide) groups is 1. The number of fused-ring (bicyclic) bond motifs is 3. The fourth-order valence-electron chi connectivity index (χ4n) is 4.10. The molecule has 0 saturated carbocycles. The first kappa shape index (κ1) is 26.0. The Morgan fingerprint density at radius 2 is 1.84 bits per heavy atom. The molecule has 0 bridgehead atoms. The van der Waals surface area contributed by atoms with Gasteiger partial charge in [-0.05, 0) is 84.3 Å². The molecule has 5 aromatic rings. The second-order valence-corrected chi connectivity index (χ2v) is 10.4. The molecular weight excluding hydrogens is 551 g/mol. The van der Waals surface area contributed by atoms with Gasteiger partial charge in [0, 0.05) is 28.1 Å². The fourth-order valence-corrected chi connectivity index (χ4v) is 5.12. The third kappa shape index (κ3) is 5.47. The number of nitrogens with one attached hydrogen (secondary N) is 2. The highest BCUT2D eigenvalue weighted by atomic mass is 35.5. The van der Waals surface area contributed by atoms with Gasteiger partial charge in [0.2, 0.25) is 10.8 Å². The fraction of sp³-hybridized carbons (Fsp3) is 0.0741. The summed E-state index contributed by atoms with van der Waals surface area (Å²) in [6.45, 7) is 5.98. The Kier molecular flexibility index (Phi) is 7.04. The van der Waals surface area contributed by atoms with Crippen LogP contribution in [0.4, 0.5) is 24.5 Å². The number of para-hydroxylation sites is 1. The number of benzene rings is 4. The number of rotatable bonds is 5. The lowest BCUT2D eigenvalue weighted by molar-refractivity contribution is -0.477. The minimum absolute atomic E-state index is 0.131. The van der Waals surface area contributed by atoms with Crippen LogP contribution in [0, 0.1) is 6.92 Å². The quantitative estimate of drug-likeness (QED) is 0.0737. The van der Waals surface area contributed by atoms with E-state index in [0.29, 0.717) is 10.1 Å². The number of thiocarbonyl (C=S) groups is 1. The summed E-state index contributed by atoms with van der Waals surface area (Å²) in [7, 11) is 0. The predicted molar refractivity (Wildman–Crippen MR) is 153 cm³/mol. The second kappa shape index (κ2) is 10.3. The van der Waals surface area contributed by atoms with Crippen LogP contribution in [-0.4, -0.2) is 31.6 Å². The van der Waals surface area contributed by atoms with Gasteiger partial charge < -0.3 is 5.32 Å². The zero-order chi connectivity index (χ0) is 27.0. The van der Waals surface area contributed by atoms with Crippen molar-refractivity contribution in [3.63, 3.8) is 0 Å². The van der Waals surface area contributed by atoms with Crippen molar-refractivity contribution >= 4 is 80.6 Å². The van der Waals surface area contributed by atoms with Crippen molar-refractivity contribution in [3.05, 3.63) is 89.7 Å². The lowest BCUT2D eigenvalue weighted by Gasteiger charge is -2.12. The number of hydrogen-bond acceptors (Lipinski definition) is 3. The van der Waals surface area contributed by atoms with Crippen molar-refractivity contribution in [1.82, 2.24) is 15.0 Å². The summed E-state index contributed by atoms with van der Waals surface area (Å²) in [5.41, 5.74) is 3.51. The van der Waals surface area contributed by atoms with E-state index in [1.165, 1.54) is 12.1 Å². The zero-order valence-electron chi connectivity index (χ0n) is 19.9. The Morgan fingerprint density at radius 3 is 2.55 bits per heavy atom. The first-order chi connectivity index (χ1) is 18.1. The number of halogens is 4. The van der Waals surface area contributed by atoms with Crippen molar-refractivity contribution in [2.75, 3.05) is 5.32 Å². The zero-order valence-corrected chi connectivity index (χ0v) is 22.3. The van der Waals surface area contributed by atoms with Gasteiger partial charge in [0.05, 0.1) is 21.7 Å². The molecule has 11 heteroatoms. The molecular formula is C27H20ClF3N5S2+. The summed E-state index contributed by atoms with van der Waals surface area (Å²) in [6.07, 6.45) is 1.67. The largest absolute Gasteiger partial charge is 0.446 e. The normalized spacial score (nSPS) is 11.6. The molecule has 4 aromatic carbocycles. The molecule has 0 atom stereocenters. The number of anilines is 1. The van der Waals surface area contributed by atoms with E-state index < -0.39 is 5.51 Å². The lowest BCUT2D eigenvalue weighted by Crippen LogP contribution is -2.34. The van der Waals surface area contributed by atoms with Gasteiger partial charge in [-0.25, -0.2) is 4.98 Å². The van der Waals surface area contributed by atoms with Gasteiger partial charge in [-0.3, -0.25) is 4.57 Å². The van der Waals surface area contributed by atoms with Crippen molar-refractivity contribution in [3.8, 4) is 5.69 Å². The van der Waals surface area contributed by atoms with Crippen LogP contribution < -0.4 is 10.7 Å². The minimum Gasteiger partial charge on any atom is -0.327 e. The van der Waals surface area contributed by atoms with Crippen molar-refractivity contribution in [2.24, 2.45) is 0 Å². The number of aryl methyl sites for hydroxylation is 1. The van der Waals surface area contributed by atoms with Gasteiger partial charge in [0.25, 0.3) is 0 Å². The van der Waals surface area contributed by atoms with E-state index in [1.807, 2.05) is 54.0 Å². The number of hydrazone groups is 1. The minimum atomic E-state index is -4.32. The summed E-state index contributed by atoms with van der Waals surface area (Å²) in [5, 5.41) is 5.88. The van der Waals surface area contributed by atoms with Gasteiger partial charge in [0.1, 0.15) is 6.33 Å². The maximum atomic E-state index is 12.7. The number of nitrogens with zero attached hydrogens (tertiary/aromatic N) is 3. The van der Waals surface area contributed by atoms with E-state index >= 15 is 0 Å². The van der Waals surface area contributed by atoms with E-state index in [2.05, 4.69) is 22.4 Å². The van der Waals surface area contributed by atoms with Gasteiger partial charge in [-0.15, -0.1) is 5.43 Å². The Balaban J connectivity index is 1.37. The molecule has 38 heavy (non-hydrogen) atoms. The predicted octanol–water partition coefficient (Wildman–Crippen LogP) is 8.00. The number of hydrogen-bond donors (Lipinski definition) is 2. The molecule has 192 valence electrons. The van der Waals surface area contributed by atoms with Crippen LogP contribution in [0.3, 0.4) is 0 Å². The Hall–Kier alpha value is -3.60. The highest BCUT2D eigenvalue weighted by Gasteiger charge is 2.29. The Morgan fingerprint density at radius 1 is 1.08 bits per heavy atom. The van der Waals surface area contributed by atoms with Crippen LogP contribution in [0.2, 0.25) is 5.02 Å². The molecule has 0 radical (unpaired) electrons. The summed E-state index contributed by atoms with van der Waals surface area (Å²) in [4.78, 5) is 4.71. The van der Waals surface area contributed by atoms with E-state index in [0.717, 1.165) is 44.4 Å². The van der Waals surface area contributed by atoms with Crippen LogP contribution in [0.25, 0.3) is 27.5 Å². The van der Waals surface area contributed by atoms with Crippen LogP contribution in [0.1, 0.15) is 5.56 Å². The molecule has 0 fully saturated rings. The maximum absolute atomic E-state index is 12.7. The summed E-state index contributed by atoms with van der Waals surface area (Å²) in [5.74, 6) is 0. The number of hydrazine groups is 1. The molecule has 0 aliphatic heterocycles. The molecule has 0 saturated heterocycles. The number of imidazole rings is 1. The van der Waals surface area contributed by atoms with Crippen LogP contribution in [0.5, 0.6) is 0 Å². The van der Waals surface area contributed by atoms with E-state index in [-0.39, 0.29) is 16.7 Å². The standard InChI is InChI=1S/C27H19ClF3N5S2/c1-16-4-3-5-22(28)24(16)33-26(37)34-35(2)19-9-12-21-17(14-19)6-13-23-25(21)32-15-36(23)18-7-10-20(11-8-18)38-27(29,30)31/h3-15H,2H2,1H3,(H-,33,34,37)/p+1. The number of alkyl halides is 3. The molecule has 2 N–H and O–H groups in total. The molecule has 5 nitrogen and oxygen atoms in total. The summed E-state index contributed by atoms with van der Waals surface area (Å²) >= 11 is 11.6. The third-order valence-corrected chi connectivity index (χ3v) is 7.12. The van der Waals surface area contributed by atoms with Gasteiger partial charge in [-0.1, -0.05) is 34.5 Å². The summed E-state index contributed by atoms with van der Waals surface area (Å²) < 4.78 is 41.4. The molecule has 1 heterocycles. The first-order valence-electron chi connectivity index (χ1n) is 11.3. The van der Waals surface area contributed by atoms with Crippen molar-refractivity contribution in [2.45, 2.75) is 17.3 Å². The highest BCUT2D eigenvalue weighted by molar-refractivity contribution is 8.00. The molecule has 0 spiro atoms. The average molecular weight is 571 g/mol. The van der Waals surface area contributed by atoms with E-state index in [9.17, 15) is 13.2 Å². The first-order valence-corrected chi connectivity index (χ1v) is 12.9. The third-order valence-electron chi connectivity index (χ3n) is 5.87. The second-order valence-electron chi connectivity index (χ2n) is 8.42. The van der Waals surface area contributed by atoms with Crippen LogP contribution in [-0.2, 0) is 0 Å². The van der Waals surface area contributed by atoms with E-state index in [1.54, 1.807) is 29.2 Å². The van der Waals surface area contributed by atoms with E-state index in [4.69, 9.17) is 23.8 Å². The average Bonchev–Trinajstić information content (AvgIpc) is 3.30. The molecule has 1 aromatic heterocycles. The van der Waals surface area contributed by atoms with Crippen molar-refractivity contribution < 1.29 is 17.9 Å². The molecule has 0 aliphatic rings. The van der Waals surface area contributed by atoms with Gasteiger partial charge in [-0.2, -0.15) is 13.2 Å². The molecule has 0 unspecified atom stereocenters. The SMILES string of the molecule is C=[N+](NC(=S)Nc1c(C)cccc1Cl)c1ccc2c(ccc3c2ncn3-c2ccc(SC(F)(F)F)cc2)c1. The monoisotopic (exact) mass is 570 g/mol. The number of aromatic nitrogens is 2.